The third-order valence-corrected chi connectivity index (χ3v) is 2.65. The van der Waals surface area contributed by atoms with Crippen molar-refractivity contribution in [1.29, 1.82) is 0 Å². The van der Waals surface area contributed by atoms with Crippen LogP contribution < -0.4 is 9.47 Å². The molecule has 0 aliphatic heterocycles. The van der Waals surface area contributed by atoms with Crippen molar-refractivity contribution >= 4 is 0 Å². The van der Waals surface area contributed by atoms with E-state index in [2.05, 4.69) is 0 Å². The van der Waals surface area contributed by atoms with Crippen LogP contribution in [0, 0.1) is 0 Å². The van der Waals surface area contributed by atoms with Crippen LogP contribution in [0.5, 0.6) is 11.5 Å². The zero-order valence-corrected chi connectivity index (χ0v) is 11.0. The molecule has 100 valence electrons. The largest absolute Gasteiger partial charge is 0.489 e. The second-order valence-corrected chi connectivity index (χ2v) is 4.36. The van der Waals surface area contributed by atoms with Crippen molar-refractivity contribution in [2.75, 3.05) is 6.61 Å². The van der Waals surface area contributed by atoms with Gasteiger partial charge in [-0.2, -0.15) is 0 Å². The van der Waals surface area contributed by atoms with E-state index in [-0.39, 0.29) is 12.7 Å². The van der Waals surface area contributed by atoms with Crippen molar-refractivity contribution in [3.05, 3.63) is 60.2 Å². The average Bonchev–Trinajstić information content (AvgIpc) is 2.46. The molecule has 0 aliphatic carbocycles. The summed E-state index contributed by atoms with van der Waals surface area (Å²) in [5.74, 6) is 1.46. The summed E-state index contributed by atoms with van der Waals surface area (Å²) in [6.07, 6.45) is -0.218. The number of ether oxygens (including phenoxy) is 2. The standard InChI is InChI=1S/C16H18O3/c1-13(11-17)19-16-9-5-8-15(10-16)18-12-14-6-3-2-4-7-14/h2-10,13,17H,11-12H2,1H3/t13-/m0/s1. The zero-order chi connectivity index (χ0) is 13.5. The second kappa shape index (κ2) is 6.81. The molecule has 0 unspecified atom stereocenters. The Kier molecular flexibility index (Phi) is 4.81. The molecule has 2 aromatic carbocycles. The van der Waals surface area contributed by atoms with Crippen LogP contribution >= 0.6 is 0 Å². The van der Waals surface area contributed by atoms with Gasteiger partial charge in [-0.25, -0.2) is 0 Å². The van der Waals surface area contributed by atoms with Crippen molar-refractivity contribution in [2.45, 2.75) is 19.6 Å². The number of aliphatic hydroxyl groups is 1. The molecule has 0 amide bonds. The predicted molar refractivity (Wildman–Crippen MR) is 74.4 cm³/mol. The summed E-state index contributed by atoms with van der Waals surface area (Å²) in [5.41, 5.74) is 1.12. The van der Waals surface area contributed by atoms with Gasteiger partial charge in [0.05, 0.1) is 6.61 Å². The lowest BCUT2D eigenvalue weighted by molar-refractivity contribution is 0.129. The SMILES string of the molecule is C[C@@H](CO)Oc1cccc(OCc2ccccc2)c1. The average molecular weight is 258 g/mol. The summed E-state index contributed by atoms with van der Waals surface area (Å²) in [6, 6.07) is 17.4. The minimum absolute atomic E-state index is 0.00486. The highest BCUT2D eigenvalue weighted by Crippen LogP contribution is 2.21. The fourth-order valence-electron chi connectivity index (χ4n) is 1.65. The van der Waals surface area contributed by atoms with Crippen LogP contribution in [0.2, 0.25) is 0 Å². The monoisotopic (exact) mass is 258 g/mol. The van der Waals surface area contributed by atoms with Crippen LogP contribution in [0.1, 0.15) is 12.5 Å². The highest BCUT2D eigenvalue weighted by Gasteiger charge is 2.03. The van der Waals surface area contributed by atoms with Gasteiger partial charge in [-0.05, 0) is 24.6 Å². The normalized spacial score (nSPS) is 11.9. The number of benzene rings is 2. The molecule has 2 aromatic rings. The minimum atomic E-state index is -0.218. The number of hydrogen-bond donors (Lipinski definition) is 1. The molecule has 19 heavy (non-hydrogen) atoms. The fourth-order valence-corrected chi connectivity index (χ4v) is 1.65. The van der Waals surface area contributed by atoms with Crippen molar-refractivity contribution in [3.8, 4) is 11.5 Å². The molecule has 0 radical (unpaired) electrons. The first-order valence-corrected chi connectivity index (χ1v) is 6.32. The summed E-state index contributed by atoms with van der Waals surface area (Å²) in [6.45, 7) is 2.34. The third-order valence-electron chi connectivity index (χ3n) is 2.65. The molecule has 0 spiro atoms. The minimum Gasteiger partial charge on any atom is -0.489 e. The predicted octanol–water partition coefficient (Wildman–Crippen LogP) is 3.03. The van der Waals surface area contributed by atoms with Gasteiger partial charge in [0.15, 0.2) is 0 Å². The van der Waals surface area contributed by atoms with E-state index in [1.54, 1.807) is 0 Å². The Morgan fingerprint density at radius 2 is 1.74 bits per heavy atom. The van der Waals surface area contributed by atoms with Crippen LogP contribution in [-0.4, -0.2) is 17.8 Å². The van der Waals surface area contributed by atoms with Crippen LogP contribution in [0.4, 0.5) is 0 Å². The van der Waals surface area contributed by atoms with E-state index < -0.39 is 0 Å². The molecule has 0 fully saturated rings. The van der Waals surface area contributed by atoms with Gasteiger partial charge >= 0.3 is 0 Å². The number of aliphatic hydroxyl groups excluding tert-OH is 1. The first-order chi connectivity index (χ1) is 9.28. The van der Waals surface area contributed by atoms with Crippen molar-refractivity contribution in [2.24, 2.45) is 0 Å². The maximum Gasteiger partial charge on any atom is 0.123 e. The molecule has 0 saturated carbocycles. The van der Waals surface area contributed by atoms with Gasteiger partial charge < -0.3 is 14.6 Å². The molecule has 0 aromatic heterocycles. The summed E-state index contributed by atoms with van der Waals surface area (Å²) < 4.78 is 11.2. The lowest BCUT2D eigenvalue weighted by atomic mass is 10.2. The van der Waals surface area contributed by atoms with E-state index in [1.165, 1.54) is 0 Å². The lowest BCUT2D eigenvalue weighted by Gasteiger charge is -2.13. The Labute approximate surface area is 113 Å². The topological polar surface area (TPSA) is 38.7 Å². The molecule has 1 N–H and O–H groups in total. The Balaban J connectivity index is 1.95. The lowest BCUT2D eigenvalue weighted by Crippen LogP contribution is -2.16. The van der Waals surface area contributed by atoms with Crippen LogP contribution in [-0.2, 0) is 6.61 Å². The molecule has 1 atom stereocenters. The Hall–Kier alpha value is -2.00. The van der Waals surface area contributed by atoms with Gasteiger partial charge in [0.25, 0.3) is 0 Å². The molecular weight excluding hydrogens is 240 g/mol. The first-order valence-electron chi connectivity index (χ1n) is 6.32. The Bertz CT molecular complexity index is 496. The molecule has 3 heteroatoms. The van der Waals surface area contributed by atoms with Gasteiger partial charge in [0.1, 0.15) is 24.2 Å². The highest BCUT2D eigenvalue weighted by molar-refractivity contribution is 5.33. The van der Waals surface area contributed by atoms with Crippen LogP contribution in [0.25, 0.3) is 0 Å². The number of rotatable bonds is 6. The van der Waals surface area contributed by atoms with Gasteiger partial charge in [-0.1, -0.05) is 36.4 Å². The van der Waals surface area contributed by atoms with E-state index in [0.29, 0.717) is 12.4 Å². The van der Waals surface area contributed by atoms with E-state index in [9.17, 15) is 0 Å². The van der Waals surface area contributed by atoms with Gasteiger partial charge in [0, 0.05) is 6.07 Å². The van der Waals surface area contributed by atoms with E-state index >= 15 is 0 Å². The van der Waals surface area contributed by atoms with Crippen LogP contribution in [0.3, 0.4) is 0 Å². The smallest absolute Gasteiger partial charge is 0.123 e. The van der Waals surface area contributed by atoms with Gasteiger partial charge in [-0.3, -0.25) is 0 Å². The summed E-state index contributed by atoms with van der Waals surface area (Å²) in [7, 11) is 0. The first kappa shape index (κ1) is 13.4. The summed E-state index contributed by atoms with van der Waals surface area (Å²) in [5, 5.41) is 8.96. The Morgan fingerprint density at radius 3 is 2.47 bits per heavy atom. The van der Waals surface area contributed by atoms with Crippen LogP contribution in [0.15, 0.2) is 54.6 Å². The maximum absolute atomic E-state index is 8.96. The number of hydrogen-bond acceptors (Lipinski definition) is 3. The van der Waals surface area contributed by atoms with E-state index in [0.717, 1.165) is 11.3 Å². The molecule has 0 bridgehead atoms. The third kappa shape index (κ3) is 4.30. The summed E-state index contributed by atoms with van der Waals surface area (Å²) in [4.78, 5) is 0. The fraction of sp³-hybridized carbons (Fsp3) is 0.250. The molecule has 2 rings (SSSR count). The van der Waals surface area contributed by atoms with Crippen molar-refractivity contribution in [1.82, 2.24) is 0 Å². The maximum atomic E-state index is 8.96. The zero-order valence-electron chi connectivity index (χ0n) is 11.0. The van der Waals surface area contributed by atoms with Gasteiger partial charge in [-0.15, -0.1) is 0 Å². The molecular formula is C16H18O3. The highest BCUT2D eigenvalue weighted by atomic mass is 16.5. The molecule has 0 heterocycles. The Morgan fingerprint density at radius 1 is 1.00 bits per heavy atom. The molecule has 0 saturated heterocycles. The molecule has 0 aliphatic rings. The quantitative estimate of drug-likeness (QED) is 0.865. The van der Waals surface area contributed by atoms with Crippen molar-refractivity contribution in [3.63, 3.8) is 0 Å². The van der Waals surface area contributed by atoms with E-state index in [4.69, 9.17) is 14.6 Å². The summed E-state index contributed by atoms with van der Waals surface area (Å²) >= 11 is 0. The molecule has 3 nitrogen and oxygen atoms in total. The van der Waals surface area contributed by atoms with Crippen molar-refractivity contribution < 1.29 is 14.6 Å². The van der Waals surface area contributed by atoms with E-state index in [1.807, 2.05) is 61.5 Å². The second-order valence-electron chi connectivity index (χ2n) is 4.36. The van der Waals surface area contributed by atoms with Gasteiger partial charge in [0.2, 0.25) is 0 Å².